The van der Waals surface area contributed by atoms with Gasteiger partial charge in [0.25, 0.3) is 0 Å². The highest BCUT2D eigenvalue weighted by Gasteiger charge is 2.20. The second-order valence-electron chi connectivity index (χ2n) is 7.08. The van der Waals surface area contributed by atoms with E-state index in [-0.39, 0.29) is 17.6 Å². The van der Waals surface area contributed by atoms with Crippen LogP contribution < -0.4 is 10.6 Å². The van der Waals surface area contributed by atoms with Crippen LogP contribution in [0.25, 0.3) is 11.4 Å². The third-order valence-electron chi connectivity index (χ3n) is 5.04. The molecule has 1 amide bonds. The number of hydrogen-bond acceptors (Lipinski definition) is 5. The Bertz CT molecular complexity index is 818. The van der Waals surface area contributed by atoms with Gasteiger partial charge in [-0.1, -0.05) is 6.42 Å². The number of aromatic nitrogens is 3. The van der Waals surface area contributed by atoms with Crippen LogP contribution in [0, 0.1) is 5.82 Å². The minimum absolute atomic E-state index is 0.141. The number of hydrogen-bond donors (Lipinski definition) is 2. The maximum absolute atomic E-state index is 14.3. The molecular weight excluding hydrogens is 365 g/mol. The number of carbonyl (C=O) groups excluding carboxylic acids is 1. The molecule has 0 bridgehead atoms. The Morgan fingerprint density at radius 2 is 2.26 bits per heavy atom. The zero-order chi connectivity index (χ0) is 18.6. The van der Waals surface area contributed by atoms with Crippen LogP contribution in [0.1, 0.15) is 31.5 Å². The second-order valence-corrected chi connectivity index (χ2v) is 8.22. The van der Waals surface area contributed by atoms with Gasteiger partial charge in [-0.25, -0.2) is 4.39 Å². The van der Waals surface area contributed by atoms with Crippen molar-refractivity contribution in [3.05, 3.63) is 29.8 Å². The zero-order valence-electron chi connectivity index (χ0n) is 15.2. The minimum Gasteiger partial charge on any atom is -0.324 e. The van der Waals surface area contributed by atoms with E-state index in [1.54, 1.807) is 12.1 Å². The average Bonchev–Trinajstić information content (AvgIpc) is 2.92. The molecule has 1 fully saturated rings. The summed E-state index contributed by atoms with van der Waals surface area (Å²) in [7, 11) is 0. The van der Waals surface area contributed by atoms with Gasteiger partial charge in [-0.15, -0.1) is 10.2 Å². The van der Waals surface area contributed by atoms with Crippen molar-refractivity contribution in [3.63, 3.8) is 0 Å². The Labute approximate surface area is 162 Å². The first-order valence-electron chi connectivity index (χ1n) is 9.53. The lowest BCUT2D eigenvalue weighted by Crippen LogP contribution is -2.39. The van der Waals surface area contributed by atoms with Gasteiger partial charge in [0.2, 0.25) is 5.91 Å². The minimum atomic E-state index is -0.436. The number of fused-ring (bicyclic) bond motifs is 1. The summed E-state index contributed by atoms with van der Waals surface area (Å²) in [4.78, 5) is 12.3. The number of anilines is 1. The van der Waals surface area contributed by atoms with Crippen molar-refractivity contribution in [1.82, 2.24) is 20.1 Å². The Kier molecular flexibility index (Phi) is 5.73. The molecule has 8 heteroatoms. The van der Waals surface area contributed by atoms with Gasteiger partial charge >= 0.3 is 0 Å². The summed E-state index contributed by atoms with van der Waals surface area (Å²) < 4.78 is 16.4. The molecule has 0 saturated carbocycles. The highest BCUT2D eigenvalue weighted by Crippen LogP contribution is 2.26. The maximum atomic E-state index is 14.3. The molecule has 1 saturated heterocycles. The first-order valence-corrected chi connectivity index (χ1v) is 10.7. The van der Waals surface area contributed by atoms with Gasteiger partial charge in [0.05, 0.1) is 5.69 Å². The normalized spacial score (nSPS) is 20.0. The lowest BCUT2D eigenvalue weighted by molar-refractivity contribution is -0.116. The molecule has 0 aliphatic carbocycles. The number of rotatable bonds is 4. The fourth-order valence-corrected chi connectivity index (χ4v) is 4.58. The summed E-state index contributed by atoms with van der Waals surface area (Å²) in [5.41, 5.74) is 0.977. The molecule has 2 N–H and O–H groups in total. The van der Waals surface area contributed by atoms with E-state index < -0.39 is 5.82 Å². The molecule has 3 heterocycles. The summed E-state index contributed by atoms with van der Waals surface area (Å²) in [6.07, 6.45) is 4.66. The molecule has 4 rings (SSSR count). The van der Waals surface area contributed by atoms with E-state index in [0.29, 0.717) is 6.42 Å². The van der Waals surface area contributed by atoms with Crippen LogP contribution in [0.5, 0.6) is 0 Å². The van der Waals surface area contributed by atoms with Gasteiger partial charge in [-0.05, 0) is 31.0 Å². The molecule has 1 unspecified atom stereocenters. The van der Waals surface area contributed by atoms with Crippen molar-refractivity contribution in [2.75, 3.05) is 23.4 Å². The average molecular weight is 390 g/mol. The molecule has 2 aliphatic heterocycles. The van der Waals surface area contributed by atoms with E-state index in [1.165, 1.54) is 12.5 Å². The van der Waals surface area contributed by atoms with Crippen molar-refractivity contribution in [2.24, 2.45) is 0 Å². The van der Waals surface area contributed by atoms with Crippen molar-refractivity contribution in [1.29, 1.82) is 0 Å². The third kappa shape index (κ3) is 4.32. The predicted molar refractivity (Wildman–Crippen MR) is 105 cm³/mol. The Balaban J connectivity index is 1.51. The Morgan fingerprint density at radius 1 is 1.33 bits per heavy atom. The molecule has 1 aromatic heterocycles. The van der Waals surface area contributed by atoms with Crippen LogP contribution in [0.3, 0.4) is 0 Å². The number of nitrogens with one attached hydrogen (secondary N) is 2. The van der Waals surface area contributed by atoms with Gasteiger partial charge in [0.15, 0.2) is 5.82 Å². The number of halogens is 1. The lowest BCUT2D eigenvalue weighted by atomic mass is 10.1. The molecular formula is C19H24FN5OS. The largest absolute Gasteiger partial charge is 0.324 e. The van der Waals surface area contributed by atoms with E-state index in [9.17, 15) is 9.18 Å². The van der Waals surface area contributed by atoms with E-state index in [1.807, 2.05) is 11.8 Å². The van der Waals surface area contributed by atoms with E-state index >= 15 is 0 Å². The molecule has 2 aromatic rings. The molecule has 27 heavy (non-hydrogen) atoms. The molecule has 144 valence electrons. The topological polar surface area (TPSA) is 71.8 Å². The molecule has 1 atom stereocenters. The summed E-state index contributed by atoms with van der Waals surface area (Å²) >= 11 is 1.84. The number of nitrogens with zero attached hydrogens (tertiary/aromatic N) is 3. The first kappa shape index (κ1) is 18.4. The van der Waals surface area contributed by atoms with Crippen LogP contribution in [0.4, 0.5) is 10.1 Å². The van der Waals surface area contributed by atoms with Crippen LogP contribution >= 0.6 is 11.8 Å². The maximum Gasteiger partial charge on any atom is 0.226 e. The van der Waals surface area contributed by atoms with Gasteiger partial charge < -0.3 is 15.2 Å². The van der Waals surface area contributed by atoms with Gasteiger partial charge in [-0.3, -0.25) is 4.79 Å². The molecule has 6 nitrogen and oxygen atoms in total. The quantitative estimate of drug-likeness (QED) is 0.841. The molecule has 0 radical (unpaired) electrons. The van der Waals surface area contributed by atoms with Gasteiger partial charge in [-0.2, -0.15) is 11.8 Å². The van der Waals surface area contributed by atoms with Crippen LogP contribution in [-0.4, -0.2) is 44.8 Å². The summed E-state index contributed by atoms with van der Waals surface area (Å²) in [5.74, 6) is 3.09. The number of benzene rings is 1. The van der Waals surface area contributed by atoms with E-state index in [2.05, 4.69) is 25.4 Å². The number of thioether (sulfide) groups is 1. The Morgan fingerprint density at radius 3 is 3.11 bits per heavy atom. The van der Waals surface area contributed by atoms with E-state index in [4.69, 9.17) is 0 Å². The smallest absolute Gasteiger partial charge is 0.226 e. The molecule has 2 aliphatic rings. The van der Waals surface area contributed by atoms with Gasteiger partial charge in [0, 0.05) is 49.0 Å². The summed E-state index contributed by atoms with van der Waals surface area (Å²) in [5, 5.41) is 14.7. The number of aryl methyl sites for hydroxylation is 1. The molecule has 0 spiro atoms. The third-order valence-corrected chi connectivity index (χ3v) is 6.17. The summed E-state index contributed by atoms with van der Waals surface area (Å²) in [6, 6.07) is 4.89. The standard InChI is InChI=1S/C19H24FN5OS/c20-15-6-5-13(19-24-23-17-4-2-1-3-8-25(17)19)10-16(15)22-18(26)11-14-12-27-9-7-21-14/h5-6,10,14,21H,1-4,7-9,11-12H2,(H,22,26). The fraction of sp³-hybridized carbons (Fsp3) is 0.526. The summed E-state index contributed by atoms with van der Waals surface area (Å²) in [6.45, 7) is 1.78. The van der Waals surface area contributed by atoms with Crippen molar-refractivity contribution < 1.29 is 9.18 Å². The first-order chi connectivity index (χ1) is 13.2. The zero-order valence-corrected chi connectivity index (χ0v) is 16.0. The van der Waals surface area contributed by atoms with Crippen LogP contribution in [-0.2, 0) is 17.8 Å². The van der Waals surface area contributed by atoms with Crippen LogP contribution in [0.15, 0.2) is 18.2 Å². The second kappa shape index (κ2) is 8.39. The Hall–Kier alpha value is -1.93. The highest BCUT2D eigenvalue weighted by molar-refractivity contribution is 7.99. The fourth-order valence-electron chi connectivity index (χ4n) is 3.63. The lowest BCUT2D eigenvalue weighted by Gasteiger charge is -2.22. The van der Waals surface area contributed by atoms with Crippen molar-refractivity contribution in [2.45, 2.75) is 44.7 Å². The van der Waals surface area contributed by atoms with E-state index in [0.717, 1.165) is 61.1 Å². The monoisotopic (exact) mass is 389 g/mol. The van der Waals surface area contributed by atoms with Crippen molar-refractivity contribution in [3.8, 4) is 11.4 Å². The predicted octanol–water partition coefficient (Wildman–Crippen LogP) is 2.84. The van der Waals surface area contributed by atoms with Crippen molar-refractivity contribution >= 4 is 23.4 Å². The SMILES string of the molecule is O=C(CC1CSCCN1)Nc1cc(-c2nnc3n2CCCCC3)ccc1F. The molecule has 1 aromatic carbocycles. The number of carbonyl (C=O) groups is 1. The van der Waals surface area contributed by atoms with Crippen LogP contribution in [0.2, 0.25) is 0 Å². The van der Waals surface area contributed by atoms with Gasteiger partial charge in [0.1, 0.15) is 11.6 Å². The number of amides is 1. The highest BCUT2D eigenvalue weighted by atomic mass is 32.2.